The van der Waals surface area contributed by atoms with Crippen LogP contribution in [0.2, 0.25) is 0 Å². The van der Waals surface area contributed by atoms with Crippen molar-refractivity contribution in [3.63, 3.8) is 0 Å². The maximum absolute atomic E-state index is 5.77. The van der Waals surface area contributed by atoms with Gasteiger partial charge < -0.3 is 8.98 Å². The summed E-state index contributed by atoms with van der Waals surface area (Å²) in [6.07, 6.45) is 9.23. The Hall–Kier alpha value is -1.55. The van der Waals surface area contributed by atoms with E-state index >= 15 is 0 Å². The highest BCUT2D eigenvalue weighted by atomic mass is 16.3. The van der Waals surface area contributed by atoms with Gasteiger partial charge in [0.2, 0.25) is 0 Å². The Morgan fingerprint density at radius 1 is 1.15 bits per heavy atom. The molecule has 0 radical (unpaired) electrons. The van der Waals surface area contributed by atoms with E-state index in [0.29, 0.717) is 12.1 Å². The predicted octanol–water partition coefficient (Wildman–Crippen LogP) is 3.25. The highest BCUT2D eigenvalue weighted by Gasteiger charge is 2.36. The Balaban J connectivity index is 1.70. The minimum absolute atomic E-state index is 0.550. The lowest BCUT2D eigenvalue weighted by Gasteiger charge is -2.37. The van der Waals surface area contributed by atoms with Crippen molar-refractivity contribution in [2.45, 2.75) is 44.7 Å². The van der Waals surface area contributed by atoms with Gasteiger partial charge in [0, 0.05) is 18.4 Å². The molecule has 20 heavy (non-hydrogen) atoms. The van der Waals surface area contributed by atoms with Crippen molar-refractivity contribution < 1.29 is 4.42 Å². The summed E-state index contributed by atoms with van der Waals surface area (Å²) < 4.78 is 8.12. The zero-order valence-electron chi connectivity index (χ0n) is 12.0. The Morgan fingerprint density at radius 2 is 1.95 bits per heavy atom. The number of furan rings is 1. The molecule has 0 N–H and O–H groups in total. The minimum atomic E-state index is 0.550. The van der Waals surface area contributed by atoms with Crippen LogP contribution in [0.15, 0.2) is 28.9 Å². The first-order chi connectivity index (χ1) is 9.83. The molecule has 0 saturated carbocycles. The van der Waals surface area contributed by atoms with Crippen LogP contribution in [0.3, 0.4) is 0 Å². The van der Waals surface area contributed by atoms with E-state index in [4.69, 9.17) is 4.42 Å². The van der Waals surface area contributed by atoms with E-state index in [-0.39, 0.29) is 0 Å². The van der Waals surface area contributed by atoms with Gasteiger partial charge in [-0.15, -0.1) is 0 Å². The van der Waals surface area contributed by atoms with Crippen molar-refractivity contribution in [3.05, 3.63) is 30.3 Å². The van der Waals surface area contributed by atoms with Crippen LogP contribution >= 0.6 is 0 Å². The van der Waals surface area contributed by atoms with E-state index in [0.717, 1.165) is 17.3 Å². The maximum Gasteiger partial charge on any atom is 0.176 e. The average molecular weight is 271 g/mol. The summed E-state index contributed by atoms with van der Waals surface area (Å²) in [6, 6.07) is 5.28. The number of hydrogen-bond acceptors (Lipinski definition) is 3. The standard InChI is InChI=1S/C16H21N3O/c1-12-6-7-15(20-12)16-17-8-11-19(16)14-5-3-10-18-9-2-4-13(14)18/h6-8,11,13-14H,2-5,9-10H2,1H3/t13-,14-/m0/s1. The van der Waals surface area contributed by atoms with Gasteiger partial charge in [0.15, 0.2) is 11.6 Å². The summed E-state index contributed by atoms with van der Waals surface area (Å²) in [7, 11) is 0. The molecule has 0 aliphatic carbocycles. The van der Waals surface area contributed by atoms with Crippen LogP contribution in [0.25, 0.3) is 11.6 Å². The minimum Gasteiger partial charge on any atom is -0.458 e. The second kappa shape index (κ2) is 4.77. The molecule has 4 rings (SSSR count). The molecular formula is C16H21N3O. The smallest absolute Gasteiger partial charge is 0.176 e. The highest BCUT2D eigenvalue weighted by Crippen LogP contribution is 2.37. The van der Waals surface area contributed by atoms with E-state index in [1.165, 1.54) is 38.8 Å². The predicted molar refractivity (Wildman–Crippen MR) is 77.5 cm³/mol. The van der Waals surface area contributed by atoms with Crippen LogP contribution in [0, 0.1) is 6.92 Å². The fraction of sp³-hybridized carbons (Fsp3) is 0.562. The van der Waals surface area contributed by atoms with Crippen LogP contribution in [0.4, 0.5) is 0 Å². The summed E-state index contributed by atoms with van der Waals surface area (Å²) in [5, 5.41) is 0. The van der Waals surface area contributed by atoms with Gasteiger partial charge in [0.25, 0.3) is 0 Å². The molecule has 2 atom stereocenters. The fourth-order valence-corrected chi connectivity index (χ4v) is 3.91. The molecule has 2 aromatic rings. The van der Waals surface area contributed by atoms with Gasteiger partial charge in [-0.05, 0) is 57.8 Å². The fourth-order valence-electron chi connectivity index (χ4n) is 3.91. The molecule has 0 unspecified atom stereocenters. The lowest BCUT2D eigenvalue weighted by Crippen LogP contribution is -2.41. The van der Waals surface area contributed by atoms with E-state index in [2.05, 4.69) is 20.6 Å². The van der Waals surface area contributed by atoms with Crippen molar-refractivity contribution >= 4 is 0 Å². The quantitative estimate of drug-likeness (QED) is 0.841. The summed E-state index contributed by atoms with van der Waals surface area (Å²) in [5.41, 5.74) is 0. The topological polar surface area (TPSA) is 34.2 Å². The third-order valence-electron chi connectivity index (χ3n) is 4.79. The summed E-state index contributed by atoms with van der Waals surface area (Å²) in [6.45, 7) is 4.52. The van der Waals surface area contributed by atoms with Crippen LogP contribution in [0.5, 0.6) is 0 Å². The molecule has 4 heteroatoms. The van der Waals surface area contributed by atoms with Crippen molar-refractivity contribution in [3.8, 4) is 11.6 Å². The first kappa shape index (κ1) is 12.2. The largest absolute Gasteiger partial charge is 0.458 e. The van der Waals surface area contributed by atoms with Crippen molar-refractivity contribution in [2.75, 3.05) is 13.1 Å². The SMILES string of the molecule is Cc1ccc(-c2nccn2[C@H]2CCCN3CCC[C@@H]23)o1. The lowest BCUT2D eigenvalue weighted by atomic mass is 9.96. The zero-order chi connectivity index (χ0) is 13.5. The Kier molecular flexibility index (Phi) is 2.91. The molecule has 2 aromatic heterocycles. The molecule has 0 aromatic carbocycles. The first-order valence-electron chi connectivity index (χ1n) is 7.66. The Labute approximate surface area is 119 Å². The number of imidazole rings is 1. The molecule has 0 spiro atoms. The molecule has 0 bridgehead atoms. The van der Waals surface area contributed by atoms with E-state index in [1.807, 2.05) is 25.3 Å². The number of fused-ring (bicyclic) bond motifs is 1. The highest BCUT2D eigenvalue weighted by molar-refractivity contribution is 5.48. The van der Waals surface area contributed by atoms with E-state index in [1.54, 1.807) is 0 Å². The summed E-state index contributed by atoms with van der Waals surface area (Å²) >= 11 is 0. The van der Waals surface area contributed by atoms with Gasteiger partial charge in [-0.2, -0.15) is 0 Å². The van der Waals surface area contributed by atoms with Gasteiger partial charge in [-0.25, -0.2) is 4.98 Å². The zero-order valence-corrected chi connectivity index (χ0v) is 12.0. The third-order valence-corrected chi connectivity index (χ3v) is 4.79. The molecule has 106 valence electrons. The first-order valence-corrected chi connectivity index (χ1v) is 7.66. The van der Waals surface area contributed by atoms with Gasteiger partial charge >= 0.3 is 0 Å². The Bertz CT molecular complexity index is 600. The van der Waals surface area contributed by atoms with Gasteiger partial charge in [-0.3, -0.25) is 4.90 Å². The van der Waals surface area contributed by atoms with Crippen LogP contribution in [0.1, 0.15) is 37.5 Å². The Morgan fingerprint density at radius 3 is 2.70 bits per heavy atom. The molecular weight excluding hydrogens is 250 g/mol. The third kappa shape index (κ3) is 1.90. The average Bonchev–Trinajstić information content (AvgIpc) is 3.17. The molecule has 2 aliphatic rings. The van der Waals surface area contributed by atoms with Crippen LogP contribution in [-0.2, 0) is 0 Å². The number of aromatic nitrogens is 2. The van der Waals surface area contributed by atoms with Gasteiger partial charge in [0.1, 0.15) is 5.76 Å². The van der Waals surface area contributed by atoms with E-state index < -0.39 is 0 Å². The van der Waals surface area contributed by atoms with Gasteiger partial charge in [0.05, 0.1) is 6.04 Å². The number of aryl methyl sites for hydroxylation is 1. The van der Waals surface area contributed by atoms with Crippen LogP contribution < -0.4 is 0 Å². The molecule has 2 aliphatic heterocycles. The van der Waals surface area contributed by atoms with Crippen LogP contribution in [-0.4, -0.2) is 33.6 Å². The second-order valence-corrected chi connectivity index (χ2v) is 6.02. The number of hydrogen-bond donors (Lipinski definition) is 0. The summed E-state index contributed by atoms with van der Waals surface area (Å²) in [5.74, 6) is 2.82. The lowest BCUT2D eigenvalue weighted by molar-refractivity contribution is 0.138. The number of nitrogens with zero attached hydrogens (tertiary/aromatic N) is 3. The molecule has 0 amide bonds. The maximum atomic E-state index is 5.77. The normalized spacial score (nSPS) is 26.9. The van der Waals surface area contributed by atoms with Crippen molar-refractivity contribution in [1.82, 2.24) is 14.5 Å². The summed E-state index contributed by atoms with van der Waals surface area (Å²) in [4.78, 5) is 7.20. The molecule has 4 heterocycles. The monoisotopic (exact) mass is 271 g/mol. The van der Waals surface area contributed by atoms with Crippen molar-refractivity contribution in [2.24, 2.45) is 0 Å². The van der Waals surface area contributed by atoms with Crippen molar-refractivity contribution in [1.29, 1.82) is 0 Å². The van der Waals surface area contributed by atoms with E-state index in [9.17, 15) is 0 Å². The van der Waals surface area contributed by atoms with Gasteiger partial charge in [-0.1, -0.05) is 0 Å². The second-order valence-electron chi connectivity index (χ2n) is 6.02. The molecule has 2 fully saturated rings. The number of rotatable bonds is 2. The number of piperidine rings is 1. The molecule has 2 saturated heterocycles. The molecule has 4 nitrogen and oxygen atoms in total.